The number of carbonyl (C=O) groups excluding carboxylic acids is 1. The lowest BCUT2D eigenvalue weighted by Crippen LogP contribution is -2.52. The van der Waals surface area contributed by atoms with Crippen LogP contribution in [-0.2, 0) is 0 Å². The van der Waals surface area contributed by atoms with E-state index in [1.807, 2.05) is 20.8 Å². The fraction of sp³-hybridized carbons (Fsp3) is 0.636. The summed E-state index contributed by atoms with van der Waals surface area (Å²) in [5, 5.41) is 3.03. The van der Waals surface area contributed by atoms with Gasteiger partial charge in [-0.3, -0.25) is 4.79 Å². The third-order valence-corrected chi connectivity index (χ3v) is 4.00. The van der Waals surface area contributed by atoms with Gasteiger partial charge in [0.15, 0.2) is 0 Å². The smallest absolute Gasteiger partial charge is 0.263 e. The van der Waals surface area contributed by atoms with E-state index in [-0.39, 0.29) is 36.3 Å². The Morgan fingerprint density at radius 2 is 2.00 bits per heavy atom. The van der Waals surface area contributed by atoms with Crippen LogP contribution in [-0.4, -0.2) is 23.0 Å². The van der Waals surface area contributed by atoms with Crippen LogP contribution in [0.15, 0.2) is 5.51 Å². The van der Waals surface area contributed by atoms with Crippen LogP contribution in [0.25, 0.3) is 0 Å². The molecule has 0 fully saturated rings. The van der Waals surface area contributed by atoms with Crippen molar-refractivity contribution in [3.05, 3.63) is 16.1 Å². The minimum Gasteiger partial charge on any atom is -0.345 e. The SMILES string of the molecule is CCC(CC)(CN)NC(=O)c1scnc1C.Cl.Cl. The number of hydrogen-bond donors (Lipinski definition) is 2. The van der Waals surface area contributed by atoms with Crippen LogP contribution in [0.2, 0.25) is 0 Å². The van der Waals surface area contributed by atoms with Crippen molar-refractivity contribution in [2.24, 2.45) is 5.73 Å². The predicted octanol–water partition coefficient (Wildman–Crippen LogP) is 2.54. The molecule has 4 nitrogen and oxygen atoms in total. The molecule has 0 saturated heterocycles. The molecule has 7 heteroatoms. The number of nitrogens with zero attached hydrogens (tertiary/aromatic N) is 1. The number of thiazole rings is 1. The minimum absolute atomic E-state index is 0. The fourth-order valence-electron chi connectivity index (χ4n) is 1.58. The van der Waals surface area contributed by atoms with Gasteiger partial charge < -0.3 is 11.1 Å². The van der Waals surface area contributed by atoms with Gasteiger partial charge in [-0.15, -0.1) is 36.2 Å². The molecule has 0 spiro atoms. The Hall–Kier alpha value is -0.360. The first-order chi connectivity index (χ1) is 7.58. The van der Waals surface area contributed by atoms with Crippen LogP contribution in [0.4, 0.5) is 0 Å². The van der Waals surface area contributed by atoms with Crippen molar-refractivity contribution >= 4 is 42.1 Å². The van der Waals surface area contributed by atoms with Crippen molar-refractivity contribution in [1.29, 1.82) is 0 Å². The van der Waals surface area contributed by atoms with Crippen molar-refractivity contribution in [3.8, 4) is 0 Å². The highest BCUT2D eigenvalue weighted by atomic mass is 35.5. The molecule has 0 aliphatic heterocycles. The molecule has 1 aromatic rings. The van der Waals surface area contributed by atoms with Crippen molar-refractivity contribution in [2.45, 2.75) is 39.2 Å². The van der Waals surface area contributed by atoms with Crippen LogP contribution in [0.5, 0.6) is 0 Å². The van der Waals surface area contributed by atoms with Crippen LogP contribution in [0.3, 0.4) is 0 Å². The molecule has 0 atom stereocenters. The highest BCUT2D eigenvalue weighted by molar-refractivity contribution is 7.11. The van der Waals surface area contributed by atoms with Crippen molar-refractivity contribution < 1.29 is 4.79 Å². The van der Waals surface area contributed by atoms with Gasteiger partial charge in [0.2, 0.25) is 0 Å². The van der Waals surface area contributed by atoms with Crippen LogP contribution < -0.4 is 11.1 Å². The number of hydrogen-bond acceptors (Lipinski definition) is 4. The number of amides is 1. The Morgan fingerprint density at radius 3 is 2.33 bits per heavy atom. The molecule has 0 radical (unpaired) electrons. The average molecular weight is 314 g/mol. The Bertz CT molecular complexity index is 359. The summed E-state index contributed by atoms with van der Waals surface area (Å²) < 4.78 is 0. The van der Waals surface area contributed by atoms with Crippen LogP contribution in [0, 0.1) is 6.92 Å². The second-order valence-corrected chi connectivity index (χ2v) is 4.77. The van der Waals surface area contributed by atoms with Gasteiger partial charge in [-0.05, 0) is 19.8 Å². The van der Waals surface area contributed by atoms with E-state index < -0.39 is 0 Å². The number of nitrogens with one attached hydrogen (secondary N) is 1. The number of rotatable bonds is 5. The van der Waals surface area contributed by atoms with E-state index in [0.717, 1.165) is 18.5 Å². The second-order valence-electron chi connectivity index (χ2n) is 3.91. The third-order valence-electron chi connectivity index (χ3n) is 3.07. The first kappa shape index (κ1) is 20.0. The highest BCUT2D eigenvalue weighted by Gasteiger charge is 2.27. The lowest BCUT2D eigenvalue weighted by molar-refractivity contribution is 0.0898. The van der Waals surface area contributed by atoms with Gasteiger partial charge in [0, 0.05) is 6.54 Å². The van der Waals surface area contributed by atoms with Gasteiger partial charge in [-0.2, -0.15) is 0 Å². The fourth-order valence-corrected chi connectivity index (χ4v) is 2.28. The van der Waals surface area contributed by atoms with E-state index >= 15 is 0 Å². The van der Waals surface area contributed by atoms with E-state index in [4.69, 9.17) is 5.73 Å². The maximum atomic E-state index is 12.0. The summed E-state index contributed by atoms with van der Waals surface area (Å²) in [6, 6.07) is 0. The summed E-state index contributed by atoms with van der Waals surface area (Å²) in [5.74, 6) is -0.0610. The summed E-state index contributed by atoms with van der Waals surface area (Å²) >= 11 is 1.37. The predicted molar refractivity (Wildman–Crippen MR) is 81.2 cm³/mol. The molecule has 0 bridgehead atoms. The lowest BCUT2D eigenvalue weighted by atomic mass is 9.93. The molecule has 1 rings (SSSR count). The molecule has 3 N–H and O–H groups in total. The highest BCUT2D eigenvalue weighted by Crippen LogP contribution is 2.17. The summed E-state index contributed by atoms with van der Waals surface area (Å²) in [6.45, 7) is 6.38. The zero-order chi connectivity index (χ0) is 12.2. The Morgan fingerprint density at radius 1 is 1.44 bits per heavy atom. The minimum atomic E-state index is -0.284. The van der Waals surface area contributed by atoms with Crippen molar-refractivity contribution in [2.75, 3.05) is 6.54 Å². The summed E-state index contributed by atoms with van der Waals surface area (Å²) in [6.07, 6.45) is 1.67. The zero-order valence-corrected chi connectivity index (χ0v) is 13.3. The molecular weight excluding hydrogens is 293 g/mol. The maximum Gasteiger partial charge on any atom is 0.263 e. The molecule has 1 heterocycles. The first-order valence-corrected chi connectivity index (χ1v) is 6.39. The molecule has 0 aliphatic rings. The monoisotopic (exact) mass is 313 g/mol. The summed E-state index contributed by atoms with van der Waals surface area (Å²) in [4.78, 5) is 16.8. The van der Waals surface area contributed by atoms with Crippen molar-refractivity contribution in [1.82, 2.24) is 10.3 Å². The van der Waals surface area contributed by atoms with E-state index in [1.54, 1.807) is 5.51 Å². The Balaban J connectivity index is 0. The van der Waals surface area contributed by atoms with Crippen LogP contribution in [0.1, 0.15) is 42.1 Å². The maximum absolute atomic E-state index is 12.0. The van der Waals surface area contributed by atoms with Gasteiger partial charge in [-0.25, -0.2) is 4.98 Å². The van der Waals surface area contributed by atoms with Gasteiger partial charge in [-0.1, -0.05) is 13.8 Å². The van der Waals surface area contributed by atoms with E-state index in [9.17, 15) is 4.79 Å². The molecule has 0 unspecified atom stereocenters. The molecule has 0 saturated carbocycles. The molecule has 106 valence electrons. The standard InChI is InChI=1S/C11H19N3OS.2ClH/c1-4-11(5-2,6-12)14-10(15)9-8(3)13-7-16-9;;/h7H,4-6,12H2,1-3H3,(H,14,15);2*1H. The number of aromatic nitrogens is 1. The molecule has 1 aromatic heterocycles. The zero-order valence-electron chi connectivity index (χ0n) is 10.9. The summed E-state index contributed by atoms with van der Waals surface area (Å²) in [7, 11) is 0. The lowest BCUT2D eigenvalue weighted by Gasteiger charge is -2.31. The summed E-state index contributed by atoms with van der Waals surface area (Å²) in [5.41, 5.74) is 7.92. The number of aryl methyl sites for hydroxylation is 1. The largest absolute Gasteiger partial charge is 0.345 e. The number of nitrogens with two attached hydrogens (primary N) is 1. The molecule has 0 aliphatic carbocycles. The van der Waals surface area contributed by atoms with Crippen LogP contribution >= 0.6 is 36.2 Å². The number of halogens is 2. The molecule has 18 heavy (non-hydrogen) atoms. The second kappa shape index (κ2) is 8.69. The van der Waals surface area contributed by atoms with Gasteiger partial charge in [0.1, 0.15) is 4.88 Å². The Labute approximate surface area is 125 Å². The molecule has 0 aromatic carbocycles. The topological polar surface area (TPSA) is 68.0 Å². The molecular formula is C11H21Cl2N3OS. The van der Waals surface area contributed by atoms with E-state index in [0.29, 0.717) is 11.4 Å². The third kappa shape index (κ3) is 4.39. The van der Waals surface area contributed by atoms with Gasteiger partial charge >= 0.3 is 0 Å². The van der Waals surface area contributed by atoms with Crippen molar-refractivity contribution in [3.63, 3.8) is 0 Å². The first-order valence-electron chi connectivity index (χ1n) is 5.51. The van der Waals surface area contributed by atoms with E-state index in [2.05, 4.69) is 10.3 Å². The van der Waals surface area contributed by atoms with Gasteiger partial charge in [0.05, 0.1) is 16.7 Å². The average Bonchev–Trinajstić information content (AvgIpc) is 2.72. The van der Waals surface area contributed by atoms with E-state index in [1.165, 1.54) is 11.3 Å². The molecule has 1 amide bonds. The normalized spacial score (nSPS) is 10.2. The van der Waals surface area contributed by atoms with Gasteiger partial charge in [0.25, 0.3) is 5.91 Å². The number of carbonyl (C=O) groups is 1. The Kier molecular flexibility index (Phi) is 9.64. The quantitative estimate of drug-likeness (QED) is 0.877.